The van der Waals surface area contributed by atoms with Crippen LogP contribution in [0.2, 0.25) is 0 Å². The smallest absolute Gasteiger partial charge is 0.338 e. The number of benzene rings is 4. The summed E-state index contributed by atoms with van der Waals surface area (Å²) in [5, 5.41) is 3.84. The molecular weight excluding hydrogens is 467 g/mol. The van der Waals surface area contributed by atoms with Gasteiger partial charge in [-0.3, -0.25) is 0 Å². The molecule has 0 amide bonds. The molecule has 0 saturated carbocycles. The lowest BCUT2D eigenvalue weighted by Crippen LogP contribution is -2.32. The molecule has 0 aliphatic rings. The highest BCUT2D eigenvalue weighted by Gasteiger charge is 2.46. The molecule has 0 radical (unpaired) electrons. The second-order valence-corrected chi connectivity index (χ2v) is 11.7. The maximum absolute atomic E-state index is 12.6. The first-order chi connectivity index (χ1) is 15.1. The summed E-state index contributed by atoms with van der Waals surface area (Å²) in [5.74, 6) is -0.310. The molecule has 0 N–H and O–H groups in total. The number of halogens is 1. The van der Waals surface area contributed by atoms with Crippen LogP contribution in [0.15, 0.2) is 114 Å². The Bertz CT molecular complexity index is 1070. The van der Waals surface area contributed by atoms with Gasteiger partial charge in [-0.2, -0.15) is 0 Å². The average molecular weight is 490 g/mol. The summed E-state index contributed by atoms with van der Waals surface area (Å²) in [6.45, 7) is 0. The third-order valence-electron chi connectivity index (χ3n) is 5.47. The lowest BCUT2D eigenvalue weighted by atomic mass is 10.1. The number of methoxy groups -OCH3 is 1. The molecule has 4 aromatic carbocycles. The first kappa shape index (κ1) is 21.5. The van der Waals surface area contributed by atoms with E-state index in [1.807, 2.05) is 30.3 Å². The van der Waals surface area contributed by atoms with Crippen molar-refractivity contribution < 1.29 is 9.53 Å². The Kier molecular flexibility index (Phi) is 6.65. The maximum Gasteiger partial charge on any atom is 0.338 e. The molecule has 4 rings (SSSR count). The van der Waals surface area contributed by atoms with Crippen molar-refractivity contribution in [3.05, 3.63) is 125 Å². The highest BCUT2D eigenvalue weighted by molar-refractivity contribution is 9.10. The molecule has 0 atom stereocenters. The van der Waals surface area contributed by atoms with Crippen LogP contribution >= 0.6 is 23.2 Å². The Hall–Kier alpha value is -2.74. The molecule has 4 heteroatoms. The fraction of sp³-hybridized carbons (Fsp3) is 0.0741. The molecule has 0 saturated heterocycles. The van der Waals surface area contributed by atoms with Crippen LogP contribution in [-0.2, 0) is 10.9 Å². The standard InChI is InChI=1S/C27H23BrO2P/c1-30-27(29)26-18-17-22(28)19-21(26)20-31(23-11-5-2-6-12-23,24-13-7-3-8-14-24)25-15-9-4-10-16-25/h2-19H,20H2,1H3/q+1. The summed E-state index contributed by atoms with van der Waals surface area (Å²) in [5.41, 5.74) is 1.59. The van der Waals surface area contributed by atoms with Gasteiger partial charge in [-0.1, -0.05) is 70.5 Å². The van der Waals surface area contributed by atoms with E-state index in [4.69, 9.17) is 4.74 Å². The van der Waals surface area contributed by atoms with Crippen LogP contribution in [0.25, 0.3) is 0 Å². The number of carbonyl (C=O) groups excluding carboxylic acids is 1. The van der Waals surface area contributed by atoms with Crippen molar-refractivity contribution in [2.24, 2.45) is 0 Å². The molecule has 0 aliphatic heterocycles. The van der Waals surface area contributed by atoms with Crippen molar-refractivity contribution >= 4 is 45.1 Å². The van der Waals surface area contributed by atoms with Crippen molar-refractivity contribution in [3.8, 4) is 0 Å². The van der Waals surface area contributed by atoms with Gasteiger partial charge in [-0.15, -0.1) is 0 Å². The van der Waals surface area contributed by atoms with E-state index in [9.17, 15) is 4.79 Å². The normalized spacial score (nSPS) is 11.2. The van der Waals surface area contributed by atoms with Crippen molar-refractivity contribution in [1.82, 2.24) is 0 Å². The predicted molar refractivity (Wildman–Crippen MR) is 134 cm³/mol. The molecule has 0 bridgehead atoms. The van der Waals surface area contributed by atoms with Crippen molar-refractivity contribution in [2.45, 2.75) is 6.16 Å². The second-order valence-electron chi connectivity index (χ2n) is 7.27. The highest BCUT2D eigenvalue weighted by atomic mass is 79.9. The van der Waals surface area contributed by atoms with E-state index in [2.05, 4.69) is 94.8 Å². The van der Waals surface area contributed by atoms with Crippen molar-refractivity contribution in [2.75, 3.05) is 7.11 Å². The van der Waals surface area contributed by atoms with Gasteiger partial charge in [0.05, 0.1) is 18.8 Å². The average Bonchev–Trinajstić information content (AvgIpc) is 2.84. The van der Waals surface area contributed by atoms with Crippen LogP contribution in [0.4, 0.5) is 0 Å². The van der Waals surface area contributed by atoms with E-state index in [-0.39, 0.29) is 5.97 Å². The van der Waals surface area contributed by atoms with Crippen molar-refractivity contribution in [1.29, 1.82) is 0 Å². The number of hydrogen-bond acceptors (Lipinski definition) is 2. The van der Waals surface area contributed by atoms with Gasteiger partial charge >= 0.3 is 5.97 Å². The largest absolute Gasteiger partial charge is 0.465 e. The Morgan fingerprint density at radius 1 is 0.742 bits per heavy atom. The van der Waals surface area contributed by atoms with Crippen LogP contribution < -0.4 is 15.9 Å². The number of carbonyl (C=O) groups is 1. The first-order valence-corrected chi connectivity index (χ1v) is 12.8. The summed E-state index contributed by atoms with van der Waals surface area (Å²) < 4.78 is 6.05. The van der Waals surface area contributed by atoms with Gasteiger partial charge in [0.15, 0.2) is 0 Å². The molecule has 154 valence electrons. The minimum absolute atomic E-state index is 0.310. The first-order valence-electron chi connectivity index (χ1n) is 10.1. The SMILES string of the molecule is COC(=O)c1ccc(Br)cc1C[P+](c1ccccc1)(c1ccccc1)c1ccccc1. The fourth-order valence-corrected chi connectivity index (χ4v) is 8.69. The Morgan fingerprint density at radius 2 is 1.19 bits per heavy atom. The molecular formula is C27H23BrO2P+. The van der Waals surface area contributed by atoms with E-state index in [1.165, 1.54) is 23.0 Å². The van der Waals surface area contributed by atoms with Gasteiger partial charge in [-0.25, -0.2) is 4.79 Å². The van der Waals surface area contributed by atoms with Crippen LogP contribution in [0.1, 0.15) is 15.9 Å². The lowest BCUT2D eigenvalue weighted by Gasteiger charge is -2.28. The van der Waals surface area contributed by atoms with Gasteiger partial charge in [0.1, 0.15) is 23.2 Å². The molecule has 0 heterocycles. The van der Waals surface area contributed by atoms with E-state index in [0.717, 1.165) is 16.2 Å². The minimum Gasteiger partial charge on any atom is -0.465 e. The summed E-state index contributed by atoms with van der Waals surface area (Å²) >= 11 is 3.60. The van der Waals surface area contributed by atoms with Gasteiger partial charge in [0.2, 0.25) is 0 Å². The maximum atomic E-state index is 12.6. The van der Waals surface area contributed by atoms with Crippen LogP contribution in [0.3, 0.4) is 0 Å². The molecule has 2 nitrogen and oxygen atoms in total. The van der Waals surface area contributed by atoms with Crippen LogP contribution in [0, 0.1) is 0 Å². The monoisotopic (exact) mass is 489 g/mol. The van der Waals surface area contributed by atoms with E-state index >= 15 is 0 Å². The number of ether oxygens (including phenoxy) is 1. The second kappa shape index (κ2) is 9.60. The minimum atomic E-state index is -2.10. The van der Waals surface area contributed by atoms with Crippen LogP contribution in [0.5, 0.6) is 0 Å². The summed E-state index contributed by atoms with van der Waals surface area (Å²) in [6.07, 6.45) is 0.717. The number of hydrogen-bond donors (Lipinski definition) is 0. The van der Waals surface area contributed by atoms with E-state index < -0.39 is 7.26 Å². The zero-order valence-electron chi connectivity index (χ0n) is 17.2. The van der Waals surface area contributed by atoms with E-state index in [1.54, 1.807) is 0 Å². The summed E-state index contributed by atoms with van der Waals surface area (Å²) in [7, 11) is -0.668. The Balaban J connectivity index is 2.03. The summed E-state index contributed by atoms with van der Waals surface area (Å²) in [4.78, 5) is 12.6. The molecule has 0 fully saturated rings. The molecule has 0 unspecified atom stereocenters. The van der Waals surface area contributed by atoms with Gasteiger partial charge < -0.3 is 4.74 Å². The number of esters is 1. The Labute approximate surface area is 192 Å². The number of rotatable bonds is 6. The topological polar surface area (TPSA) is 26.3 Å². The third-order valence-corrected chi connectivity index (χ3v) is 10.3. The quantitative estimate of drug-likeness (QED) is 0.255. The van der Waals surface area contributed by atoms with Crippen LogP contribution in [-0.4, -0.2) is 13.1 Å². The van der Waals surface area contributed by atoms with Gasteiger partial charge in [0.25, 0.3) is 0 Å². The Morgan fingerprint density at radius 3 is 1.61 bits per heavy atom. The zero-order valence-corrected chi connectivity index (χ0v) is 19.7. The highest BCUT2D eigenvalue weighted by Crippen LogP contribution is 2.58. The third kappa shape index (κ3) is 4.35. The van der Waals surface area contributed by atoms with Gasteiger partial charge in [0, 0.05) is 10.0 Å². The van der Waals surface area contributed by atoms with E-state index in [0.29, 0.717) is 5.56 Å². The zero-order chi connectivity index (χ0) is 21.7. The molecule has 0 aromatic heterocycles. The van der Waals surface area contributed by atoms with Gasteiger partial charge in [-0.05, 0) is 54.6 Å². The van der Waals surface area contributed by atoms with Crippen molar-refractivity contribution in [3.63, 3.8) is 0 Å². The molecule has 31 heavy (non-hydrogen) atoms. The molecule has 0 spiro atoms. The lowest BCUT2D eigenvalue weighted by molar-refractivity contribution is 0.0600. The summed E-state index contributed by atoms with van der Waals surface area (Å²) in [6, 6.07) is 37.8. The molecule has 4 aromatic rings. The predicted octanol–water partition coefficient (Wildman–Crippen LogP) is 5.73. The molecule has 0 aliphatic carbocycles. The fourth-order valence-electron chi connectivity index (χ4n) is 4.03.